The van der Waals surface area contributed by atoms with Gasteiger partial charge in [0.2, 0.25) is 11.9 Å². The fourth-order valence-electron chi connectivity index (χ4n) is 5.93. The SMILES string of the molecule is C[C@H](CCCc1ccc(C[C@H](NC(=O)OC(C)(C)C)C(=O)N2CCC(F)(F)C2)c(F)c1)C1CCN(c2ncc(Cl)cn2)CC1. The number of ether oxygens (including phenoxy) is 1. The number of carbonyl (C=O) groups excluding carboxylic acids is 2. The summed E-state index contributed by atoms with van der Waals surface area (Å²) in [4.78, 5) is 37.5. The van der Waals surface area contributed by atoms with Crippen LogP contribution in [0.2, 0.25) is 5.02 Å². The molecule has 44 heavy (non-hydrogen) atoms. The molecule has 0 bridgehead atoms. The van der Waals surface area contributed by atoms with Gasteiger partial charge in [0.25, 0.3) is 5.92 Å². The summed E-state index contributed by atoms with van der Waals surface area (Å²) in [6.07, 6.45) is 6.49. The van der Waals surface area contributed by atoms with Gasteiger partial charge < -0.3 is 19.9 Å². The Kier molecular flexibility index (Phi) is 11.0. The van der Waals surface area contributed by atoms with Crippen LogP contribution in [0.3, 0.4) is 0 Å². The minimum atomic E-state index is -2.99. The number of likely N-dealkylation sites (tertiary alicyclic amines) is 1. The average molecular weight is 638 g/mol. The van der Waals surface area contributed by atoms with Gasteiger partial charge in [-0.25, -0.2) is 27.9 Å². The molecular formula is C32H43ClF3N5O3. The smallest absolute Gasteiger partial charge is 0.408 e. The fourth-order valence-corrected chi connectivity index (χ4v) is 6.02. The summed E-state index contributed by atoms with van der Waals surface area (Å²) in [7, 11) is 0. The molecule has 2 atom stereocenters. The minimum absolute atomic E-state index is 0.131. The molecule has 1 aromatic carbocycles. The van der Waals surface area contributed by atoms with Crippen molar-refractivity contribution in [3.63, 3.8) is 0 Å². The zero-order valence-corrected chi connectivity index (χ0v) is 26.7. The van der Waals surface area contributed by atoms with Crippen LogP contribution in [0.1, 0.15) is 70.9 Å². The van der Waals surface area contributed by atoms with Gasteiger partial charge in [-0.3, -0.25) is 4.79 Å². The monoisotopic (exact) mass is 637 g/mol. The number of carbonyl (C=O) groups is 2. The van der Waals surface area contributed by atoms with E-state index in [-0.39, 0.29) is 18.5 Å². The number of hydrogen-bond donors (Lipinski definition) is 1. The third kappa shape index (κ3) is 9.71. The molecule has 0 spiro atoms. The van der Waals surface area contributed by atoms with Gasteiger partial charge in [0.15, 0.2) is 0 Å². The van der Waals surface area contributed by atoms with E-state index in [1.807, 2.05) is 6.07 Å². The highest BCUT2D eigenvalue weighted by molar-refractivity contribution is 6.30. The van der Waals surface area contributed by atoms with E-state index in [9.17, 15) is 18.4 Å². The quantitative estimate of drug-likeness (QED) is 0.322. The predicted octanol–water partition coefficient (Wildman–Crippen LogP) is 6.45. The van der Waals surface area contributed by atoms with Crippen molar-refractivity contribution in [3.8, 4) is 0 Å². The van der Waals surface area contributed by atoms with E-state index < -0.39 is 48.3 Å². The summed E-state index contributed by atoms with van der Waals surface area (Å²) in [6, 6.07) is 3.66. The van der Waals surface area contributed by atoms with Crippen LogP contribution in [0.5, 0.6) is 0 Å². The Morgan fingerprint density at radius 2 is 1.84 bits per heavy atom. The number of amides is 2. The Labute approximate surface area is 262 Å². The number of aromatic nitrogens is 2. The largest absolute Gasteiger partial charge is 0.444 e. The molecule has 0 saturated carbocycles. The van der Waals surface area contributed by atoms with Gasteiger partial charge in [-0.05, 0) is 75.5 Å². The lowest BCUT2D eigenvalue weighted by Gasteiger charge is -2.35. The highest BCUT2D eigenvalue weighted by atomic mass is 35.5. The molecule has 3 heterocycles. The van der Waals surface area contributed by atoms with Crippen LogP contribution in [0.4, 0.5) is 23.9 Å². The molecular weight excluding hydrogens is 595 g/mol. The van der Waals surface area contributed by atoms with Gasteiger partial charge in [-0.2, -0.15) is 0 Å². The summed E-state index contributed by atoms with van der Waals surface area (Å²) >= 11 is 5.90. The van der Waals surface area contributed by atoms with Crippen molar-refractivity contribution in [2.45, 2.75) is 90.2 Å². The number of anilines is 1. The van der Waals surface area contributed by atoms with Crippen LogP contribution in [0, 0.1) is 17.7 Å². The zero-order chi connectivity index (χ0) is 32.1. The number of alkyl carbamates (subject to hydrolysis) is 1. The first-order valence-electron chi connectivity index (χ1n) is 15.3. The van der Waals surface area contributed by atoms with E-state index in [1.54, 1.807) is 39.2 Å². The number of hydrogen-bond acceptors (Lipinski definition) is 6. The molecule has 8 nitrogen and oxygen atoms in total. The molecule has 2 fully saturated rings. The van der Waals surface area contributed by atoms with Gasteiger partial charge in [-0.1, -0.05) is 37.1 Å². The first kappa shape index (κ1) is 33.8. The Balaban J connectivity index is 1.29. The Morgan fingerprint density at radius 1 is 1.16 bits per heavy atom. The minimum Gasteiger partial charge on any atom is -0.444 e. The highest BCUT2D eigenvalue weighted by Gasteiger charge is 2.42. The lowest BCUT2D eigenvalue weighted by Crippen LogP contribution is -2.50. The van der Waals surface area contributed by atoms with Crippen LogP contribution in [0.25, 0.3) is 0 Å². The maximum Gasteiger partial charge on any atom is 0.408 e. The highest BCUT2D eigenvalue weighted by Crippen LogP contribution is 2.30. The molecule has 0 aliphatic carbocycles. The van der Waals surface area contributed by atoms with Crippen LogP contribution in [-0.4, -0.2) is 70.6 Å². The number of piperidine rings is 1. The lowest BCUT2D eigenvalue weighted by molar-refractivity contribution is -0.133. The number of aryl methyl sites for hydroxylation is 1. The summed E-state index contributed by atoms with van der Waals surface area (Å²) in [5, 5.41) is 3.00. The van der Waals surface area contributed by atoms with E-state index >= 15 is 4.39 Å². The first-order chi connectivity index (χ1) is 20.7. The molecule has 2 saturated heterocycles. The van der Waals surface area contributed by atoms with E-state index in [2.05, 4.69) is 27.1 Å². The van der Waals surface area contributed by atoms with Crippen molar-refractivity contribution in [3.05, 3.63) is 52.6 Å². The van der Waals surface area contributed by atoms with Crippen LogP contribution in [-0.2, 0) is 22.4 Å². The number of nitrogens with zero attached hydrogens (tertiary/aromatic N) is 4. The van der Waals surface area contributed by atoms with Crippen molar-refractivity contribution in [2.24, 2.45) is 11.8 Å². The van der Waals surface area contributed by atoms with Gasteiger partial charge in [0, 0.05) is 32.5 Å². The molecule has 12 heteroatoms. The fraction of sp³-hybridized carbons (Fsp3) is 0.625. The molecule has 2 aliphatic heterocycles. The first-order valence-corrected chi connectivity index (χ1v) is 15.7. The second-order valence-corrected chi connectivity index (χ2v) is 13.5. The van der Waals surface area contributed by atoms with Gasteiger partial charge >= 0.3 is 6.09 Å². The van der Waals surface area contributed by atoms with E-state index in [4.69, 9.17) is 16.3 Å². The molecule has 2 aliphatic rings. The van der Waals surface area contributed by atoms with Crippen molar-refractivity contribution in [1.82, 2.24) is 20.2 Å². The van der Waals surface area contributed by atoms with Gasteiger partial charge in [-0.15, -0.1) is 0 Å². The van der Waals surface area contributed by atoms with Crippen molar-refractivity contribution in [1.29, 1.82) is 0 Å². The summed E-state index contributed by atoms with van der Waals surface area (Å²) in [6.45, 7) is 8.22. The van der Waals surface area contributed by atoms with Gasteiger partial charge in [0.1, 0.15) is 17.5 Å². The molecule has 1 N–H and O–H groups in total. The molecule has 242 valence electrons. The Hall–Kier alpha value is -3.08. The third-order valence-electron chi connectivity index (χ3n) is 8.37. The summed E-state index contributed by atoms with van der Waals surface area (Å²) in [5.41, 5.74) is 0.237. The standard InChI is InChI=1S/C32H43ClF3N5O3/c1-21(23-10-13-40(14-11-23)29-37-18-25(33)19-38-29)6-5-7-22-8-9-24(26(34)16-22)17-27(39-30(43)44-31(2,3)4)28(42)41-15-12-32(35,36)20-41/h8-9,16,18-19,21,23,27H,5-7,10-15,17,20H2,1-4H3,(H,39,43)/t21-,27+/m1/s1. The number of rotatable bonds is 10. The number of nitrogens with one attached hydrogen (secondary N) is 1. The van der Waals surface area contributed by atoms with Crippen molar-refractivity contribution < 1.29 is 27.5 Å². The van der Waals surface area contributed by atoms with Crippen LogP contribution >= 0.6 is 11.6 Å². The molecule has 1 aromatic heterocycles. The molecule has 4 rings (SSSR count). The van der Waals surface area contributed by atoms with Crippen LogP contribution in [0.15, 0.2) is 30.6 Å². The Morgan fingerprint density at radius 3 is 2.43 bits per heavy atom. The molecule has 0 radical (unpaired) electrons. The molecule has 0 unspecified atom stereocenters. The maximum absolute atomic E-state index is 15.2. The van der Waals surface area contributed by atoms with Gasteiger partial charge in [0.05, 0.1) is 24.0 Å². The van der Waals surface area contributed by atoms with Crippen molar-refractivity contribution in [2.75, 3.05) is 31.1 Å². The number of alkyl halides is 2. The normalized spacial score (nSPS) is 18.6. The maximum atomic E-state index is 15.2. The summed E-state index contributed by atoms with van der Waals surface area (Å²) in [5.74, 6) is -2.34. The van der Waals surface area contributed by atoms with E-state index in [1.165, 1.54) is 6.07 Å². The number of benzene rings is 1. The predicted molar refractivity (Wildman–Crippen MR) is 163 cm³/mol. The topological polar surface area (TPSA) is 87.7 Å². The van der Waals surface area contributed by atoms with E-state index in [0.29, 0.717) is 29.2 Å². The molecule has 2 amide bonds. The Bertz CT molecular complexity index is 1280. The van der Waals surface area contributed by atoms with Crippen LogP contribution < -0.4 is 10.2 Å². The zero-order valence-electron chi connectivity index (χ0n) is 25.9. The van der Waals surface area contributed by atoms with Crippen molar-refractivity contribution >= 4 is 29.5 Å². The third-order valence-corrected chi connectivity index (χ3v) is 8.57. The lowest BCUT2D eigenvalue weighted by atomic mass is 9.82. The number of halogens is 4. The second kappa shape index (κ2) is 14.3. The van der Waals surface area contributed by atoms with E-state index in [0.717, 1.165) is 49.2 Å². The average Bonchev–Trinajstić information content (AvgIpc) is 3.32. The second-order valence-electron chi connectivity index (χ2n) is 13.1. The molecule has 2 aromatic rings. The summed E-state index contributed by atoms with van der Waals surface area (Å²) < 4.78 is 48.1.